The molecule has 0 aliphatic carbocycles. The third-order valence-electron chi connectivity index (χ3n) is 3.00. The number of nitrogens with one attached hydrogen (secondary N) is 1. The van der Waals surface area contributed by atoms with E-state index >= 15 is 0 Å². The minimum absolute atomic E-state index is 0.193. The monoisotopic (exact) mass is 369 g/mol. The van der Waals surface area contributed by atoms with Crippen molar-refractivity contribution in [3.8, 4) is 0 Å². The first-order valence-corrected chi connectivity index (χ1v) is 8.10. The topological polar surface area (TPSA) is 121 Å². The van der Waals surface area contributed by atoms with Gasteiger partial charge in [-0.2, -0.15) is 21.6 Å². The second kappa shape index (κ2) is 7.62. The Morgan fingerprint density at radius 1 is 1.17 bits per heavy atom. The third-order valence-corrected chi connectivity index (χ3v) is 3.75. The largest absolute Gasteiger partial charge is 0.480 e. The molecule has 0 aliphatic rings. The molecule has 0 fully saturated rings. The fourth-order valence-electron chi connectivity index (χ4n) is 1.93. The second-order valence-electron chi connectivity index (χ2n) is 4.92. The maximum Gasteiger partial charge on any atom is 0.396 e. The highest BCUT2D eigenvalue weighted by Gasteiger charge is 2.42. The summed E-state index contributed by atoms with van der Waals surface area (Å²) in [5.74, 6) is -6.64. The molecule has 1 rings (SSSR count). The quantitative estimate of drug-likeness (QED) is 0.621. The van der Waals surface area contributed by atoms with E-state index in [1.807, 2.05) is 0 Å². The van der Waals surface area contributed by atoms with E-state index in [2.05, 4.69) is 0 Å². The molecule has 1 amide bonds. The average molecular weight is 369 g/mol. The number of carboxylic acids is 1. The molecule has 134 valence electrons. The molecule has 0 radical (unpaired) electrons. The summed E-state index contributed by atoms with van der Waals surface area (Å²) in [6.45, 7) is 0. The van der Waals surface area contributed by atoms with E-state index in [1.54, 1.807) is 5.32 Å². The smallest absolute Gasteiger partial charge is 0.396 e. The van der Waals surface area contributed by atoms with Gasteiger partial charge < -0.3 is 10.4 Å². The van der Waals surface area contributed by atoms with Gasteiger partial charge in [0.1, 0.15) is 11.8 Å². The minimum atomic E-state index is -4.76. The van der Waals surface area contributed by atoms with Crippen molar-refractivity contribution in [1.82, 2.24) is 5.32 Å². The maximum atomic E-state index is 13.1. The number of carboxylic acid groups (broad SMARTS) is 1. The summed E-state index contributed by atoms with van der Waals surface area (Å²) in [5, 5.41) is 10.5. The van der Waals surface area contributed by atoms with Crippen LogP contribution >= 0.6 is 0 Å². The van der Waals surface area contributed by atoms with Crippen LogP contribution in [0.25, 0.3) is 0 Å². The summed E-state index contributed by atoms with van der Waals surface area (Å²) in [5.41, 5.74) is -0.193. The lowest BCUT2D eigenvalue weighted by molar-refractivity contribution is -0.157. The van der Waals surface area contributed by atoms with Crippen LogP contribution in [0.5, 0.6) is 0 Å². The average Bonchev–Trinajstić information content (AvgIpc) is 2.42. The van der Waals surface area contributed by atoms with Crippen LogP contribution in [0.1, 0.15) is 17.9 Å². The van der Waals surface area contributed by atoms with Crippen LogP contribution in [-0.2, 0) is 19.7 Å². The first-order chi connectivity index (χ1) is 10.9. The van der Waals surface area contributed by atoms with Gasteiger partial charge in [0.05, 0.1) is 5.92 Å². The summed E-state index contributed by atoms with van der Waals surface area (Å²) < 4.78 is 69.3. The lowest BCUT2D eigenvalue weighted by Gasteiger charge is -2.21. The van der Waals surface area contributed by atoms with Gasteiger partial charge in [0.2, 0.25) is 5.91 Å². The highest BCUT2D eigenvalue weighted by Crippen LogP contribution is 2.37. The maximum absolute atomic E-state index is 13.1. The van der Waals surface area contributed by atoms with Crippen molar-refractivity contribution < 1.29 is 40.8 Å². The standard InChI is InChI=1S/C13H14F3NO6S/c14-13(15,16)9(8-4-2-1-3-5-8)6-11(18)17-10(12(19)20)7-24(21,22)23/h1-5,9-10H,6-7H2,(H,17,18)(H,19,20)(H,21,22,23)/t9?,10-/m0/s1. The van der Waals surface area contributed by atoms with Gasteiger partial charge in [-0.25, -0.2) is 4.79 Å². The van der Waals surface area contributed by atoms with E-state index in [0.717, 1.165) is 12.1 Å². The highest BCUT2D eigenvalue weighted by atomic mass is 32.2. The molecule has 0 spiro atoms. The summed E-state index contributed by atoms with van der Waals surface area (Å²) in [4.78, 5) is 22.6. The van der Waals surface area contributed by atoms with Crippen LogP contribution in [0.4, 0.5) is 13.2 Å². The molecule has 24 heavy (non-hydrogen) atoms. The fourth-order valence-corrected chi connectivity index (χ4v) is 2.58. The van der Waals surface area contributed by atoms with E-state index in [0.29, 0.717) is 0 Å². The Morgan fingerprint density at radius 2 is 1.71 bits per heavy atom. The van der Waals surface area contributed by atoms with E-state index in [9.17, 15) is 31.2 Å². The number of aliphatic carboxylic acids is 1. The molecule has 0 saturated carbocycles. The van der Waals surface area contributed by atoms with Crippen molar-refractivity contribution in [1.29, 1.82) is 0 Å². The van der Waals surface area contributed by atoms with Crippen molar-refractivity contribution in [2.24, 2.45) is 0 Å². The van der Waals surface area contributed by atoms with Crippen LogP contribution in [0.15, 0.2) is 30.3 Å². The summed E-state index contributed by atoms with van der Waals surface area (Å²) >= 11 is 0. The number of carbonyl (C=O) groups excluding carboxylic acids is 1. The molecule has 0 bridgehead atoms. The number of alkyl halides is 3. The van der Waals surface area contributed by atoms with Gasteiger partial charge in [-0.15, -0.1) is 0 Å². The molecule has 3 N–H and O–H groups in total. The number of hydrogen-bond donors (Lipinski definition) is 3. The molecule has 1 unspecified atom stereocenters. The van der Waals surface area contributed by atoms with E-state index in [-0.39, 0.29) is 5.56 Å². The summed E-state index contributed by atoms with van der Waals surface area (Å²) in [6.07, 6.45) is -5.89. The first-order valence-electron chi connectivity index (χ1n) is 6.49. The molecular weight excluding hydrogens is 355 g/mol. The minimum Gasteiger partial charge on any atom is -0.480 e. The van der Waals surface area contributed by atoms with Crippen molar-refractivity contribution >= 4 is 22.0 Å². The Balaban J connectivity index is 2.91. The van der Waals surface area contributed by atoms with Gasteiger partial charge in [-0.1, -0.05) is 30.3 Å². The van der Waals surface area contributed by atoms with Gasteiger partial charge in [0, 0.05) is 6.42 Å². The summed E-state index contributed by atoms with van der Waals surface area (Å²) in [6, 6.07) is 4.46. The normalized spacial score (nSPS) is 14.7. The zero-order chi connectivity index (χ0) is 18.5. The number of carbonyl (C=O) groups is 2. The Morgan fingerprint density at radius 3 is 2.12 bits per heavy atom. The molecular formula is C13H14F3NO6S. The zero-order valence-electron chi connectivity index (χ0n) is 12.0. The predicted octanol–water partition coefficient (Wildman–Crippen LogP) is 1.18. The fraction of sp³-hybridized carbons (Fsp3) is 0.385. The lowest BCUT2D eigenvalue weighted by atomic mass is 9.94. The van der Waals surface area contributed by atoms with Crippen LogP contribution < -0.4 is 5.32 Å². The Hall–Kier alpha value is -2.14. The molecule has 1 aromatic carbocycles. The van der Waals surface area contributed by atoms with E-state index < -0.39 is 52.3 Å². The SMILES string of the molecule is O=C(CC(c1ccccc1)C(F)(F)F)N[C@@H](CS(=O)(=O)O)C(=O)O. The van der Waals surface area contributed by atoms with Gasteiger partial charge in [-0.05, 0) is 5.56 Å². The third kappa shape index (κ3) is 6.54. The Bertz CT molecular complexity index is 689. The van der Waals surface area contributed by atoms with Gasteiger partial charge >= 0.3 is 12.1 Å². The van der Waals surface area contributed by atoms with Crippen molar-refractivity contribution in [3.63, 3.8) is 0 Å². The zero-order valence-corrected chi connectivity index (χ0v) is 12.8. The van der Waals surface area contributed by atoms with Crippen molar-refractivity contribution in [2.75, 3.05) is 5.75 Å². The van der Waals surface area contributed by atoms with Crippen LogP contribution in [0, 0.1) is 0 Å². The Kier molecular flexibility index (Phi) is 6.32. The van der Waals surface area contributed by atoms with Crippen LogP contribution in [0.3, 0.4) is 0 Å². The Labute approximate surface area is 135 Å². The molecule has 2 atom stereocenters. The number of amides is 1. The van der Waals surface area contributed by atoms with Crippen LogP contribution in [-0.4, -0.2) is 47.9 Å². The molecule has 0 saturated heterocycles. The molecule has 0 heterocycles. The molecule has 7 nitrogen and oxygen atoms in total. The number of halogens is 3. The molecule has 0 aliphatic heterocycles. The summed E-state index contributed by atoms with van der Waals surface area (Å²) in [7, 11) is -4.74. The van der Waals surface area contributed by atoms with Crippen molar-refractivity contribution in [2.45, 2.75) is 24.6 Å². The predicted molar refractivity (Wildman–Crippen MR) is 75.8 cm³/mol. The first kappa shape index (κ1) is 19.9. The van der Waals surface area contributed by atoms with Crippen LogP contribution in [0.2, 0.25) is 0 Å². The lowest BCUT2D eigenvalue weighted by Crippen LogP contribution is -2.46. The molecule has 1 aromatic rings. The number of rotatable bonds is 7. The van der Waals surface area contributed by atoms with Gasteiger partial charge in [-0.3, -0.25) is 9.35 Å². The number of hydrogen-bond acceptors (Lipinski definition) is 4. The number of benzene rings is 1. The van der Waals surface area contributed by atoms with E-state index in [1.165, 1.54) is 18.2 Å². The van der Waals surface area contributed by atoms with Gasteiger partial charge in [0.25, 0.3) is 10.1 Å². The van der Waals surface area contributed by atoms with Gasteiger partial charge in [0.15, 0.2) is 0 Å². The highest BCUT2D eigenvalue weighted by molar-refractivity contribution is 7.85. The molecule has 0 aromatic heterocycles. The molecule has 11 heteroatoms. The van der Waals surface area contributed by atoms with E-state index in [4.69, 9.17) is 9.66 Å². The second-order valence-corrected chi connectivity index (χ2v) is 6.41. The van der Waals surface area contributed by atoms with Crippen molar-refractivity contribution in [3.05, 3.63) is 35.9 Å².